The van der Waals surface area contributed by atoms with Gasteiger partial charge in [-0.3, -0.25) is 14.2 Å². The van der Waals surface area contributed by atoms with Crippen molar-refractivity contribution >= 4 is 19.8 Å². The Kier molecular flexibility index (Phi) is 68.5. The van der Waals surface area contributed by atoms with E-state index >= 15 is 0 Å². The molecule has 9 nitrogen and oxygen atoms in total. The first kappa shape index (κ1) is 88.2. The van der Waals surface area contributed by atoms with Crippen LogP contribution in [0.25, 0.3) is 0 Å². The molecule has 2 atom stereocenters. The van der Waals surface area contributed by atoms with Crippen LogP contribution in [0.2, 0.25) is 0 Å². The van der Waals surface area contributed by atoms with E-state index in [0.717, 1.165) is 109 Å². The van der Waals surface area contributed by atoms with E-state index in [0.29, 0.717) is 17.4 Å². The molecule has 0 radical (unpaired) electrons. The van der Waals surface area contributed by atoms with Crippen LogP contribution in [0.3, 0.4) is 0 Å². The number of unbranched alkanes of at least 4 members (excludes halogenated alkanes) is 33. The molecule has 0 fully saturated rings. The molecule has 0 aliphatic heterocycles. The predicted octanol–water partition coefficient (Wildman–Crippen LogP) is 24.5. The molecule has 0 heterocycles. The lowest BCUT2D eigenvalue weighted by Gasteiger charge is -2.28. The van der Waals surface area contributed by atoms with Gasteiger partial charge in [-0.05, 0) is 109 Å². The minimum absolute atomic E-state index is 0.0339. The molecule has 0 saturated carbocycles. The number of phosphoric ester groups is 1. The van der Waals surface area contributed by atoms with Crippen molar-refractivity contribution in [1.29, 1.82) is 0 Å². The fourth-order valence-corrected chi connectivity index (χ4v) is 11.2. The van der Waals surface area contributed by atoms with E-state index in [-0.39, 0.29) is 32.0 Å². The number of rotatable bonds is 69. The first-order chi connectivity index (χ1) is 45.0. The van der Waals surface area contributed by atoms with Crippen LogP contribution in [-0.4, -0.2) is 70.0 Å². The summed E-state index contributed by atoms with van der Waals surface area (Å²) in [5.41, 5.74) is 0. The monoisotopic (exact) mass is 1300 g/mol. The Labute approximate surface area is 568 Å². The van der Waals surface area contributed by atoms with E-state index < -0.39 is 26.5 Å². The number of ether oxygens (including phenoxy) is 2. The summed E-state index contributed by atoms with van der Waals surface area (Å²) in [5.74, 6) is -0.826. The lowest BCUT2D eigenvalue weighted by Crippen LogP contribution is -2.37. The largest absolute Gasteiger partial charge is 0.756 e. The van der Waals surface area contributed by atoms with Crippen molar-refractivity contribution in [2.75, 3.05) is 47.5 Å². The van der Waals surface area contributed by atoms with Gasteiger partial charge in [0, 0.05) is 12.8 Å². The highest BCUT2D eigenvalue weighted by Crippen LogP contribution is 2.38. The van der Waals surface area contributed by atoms with Gasteiger partial charge in [0.05, 0.1) is 27.7 Å². The van der Waals surface area contributed by atoms with Crippen LogP contribution in [0, 0.1) is 0 Å². The van der Waals surface area contributed by atoms with Gasteiger partial charge in [0.2, 0.25) is 0 Å². The second kappa shape index (κ2) is 71.4. The third-order valence-electron chi connectivity index (χ3n) is 16.2. The zero-order valence-corrected chi connectivity index (χ0v) is 61.1. The van der Waals surface area contributed by atoms with Crippen LogP contribution < -0.4 is 4.89 Å². The fourth-order valence-electron chi connectivity index (χ4n) is 10.5. The number of nitrogens with zero attached hydrogens (tertiary/aromatic N) is 1. The summed E-state index contributed by atoms with van der Waals surface area (Å²) in [5, 5.41) is 0. The molecule has 0 saturated heterocycles. The summed E-state index contributed by atoms with van der Waals surface area (Å²) in [6.07, 6.45) is 104. The Morgan fingerprint density at radius 2 is 0.587 bits per heavy atom. The number of hydrogen-bond acceptors (Lipinski definition) is 8. The second-order valence-electron chi connectivity index (χ2n) is 26.3. The maximum Gasteiger partial charge on any atom is 0.306 e. The van der Waals surface area contributed by atoms with Crippen LogP contribution in [0.5, 0.6) is 0 Å². The summed E-state index contributed by atoms with van der Waals surface area (Å²) in [6.45, 7) is 4.04. The topological polar surface area (TPSA) is 111 Å². The summed E-state index contributed by atoms with van der Waals surface area (Å²) < 4.78 is 34.4. The van der Waals surface area contributed by atoms with E-state index in [4.69, 9.17) is 18.5 Å². The van der Waals surface area contributed by atoms with E-state index in [1.807, 2.05) is 21.1 Å². The molecule has 528 valence electrons. The van der Waals surface area contributed by atoms with Crippen LogP contribution in [0.15, 0.2) is 134 Å². The van der Waals surface area contributed by atoms with Gasteiger partial charge in [0.1, 0.15) is 19.8 Å². The zero-order valence-electron chi connectivity index (χ0n) is 60.2. The number of esters is 2. The van der Waals surface area contributed by atoms with Crippen molar-refractivity contribution in [1.82, 2.24) is 0 Å². The first-order valence-electron chi connectivity index (χ1n) is 37.9. The van der Waals surface area contributed by atoms with Crippen molar-refractivity contribution in [2.45, 2.75) is 328 Å². The number of phosphoric acid groups is 1. The summed E-state index contributed by atoms with van der Waals surface area (Å²) in [4.78, 5) is 38.2. The Morgan fingerprint density at radius 1 is 0.337 bits per heavy atom. The number of carbonyl (C=O) groups is 2. The average Bonchev–Trinajstić information content (AvgIpc) is 2.34. The van der Waals surface area contributed by atoms with Crippen molar-refractivity contribution in [3.05, 3.63) is 134 Å². The summed E-state index contributed by atoms with van der Waals surface area (Å²) in [6, 6.07) is 0. The molecule has 0 aliphatic rings. The molecule has 10 heteroatoms. The highest BCUT2D eigenvalue weighted by molar-refractivity contribution is 7.45. The van der Waals surface area contributed by atoms with Crippen LogP contribution in [-0.2, 0) is 32.7 Å². The highest BCUT2D eigenvalue weighted by Gasteiger charge is 2.22. The maximum atomic E-state index is 12.9. The number of allylic oxidation sites excluding steroid dienone is 22. The molecule has 0 N–H and O–H groups in total. The second-order valence-corrected chi connectivity index (χ2v) is 27.7. The molecule has 2 unspecified atom stereocenters. The van der Waals surface area contributed by atoms with Gasteiger partial charge in [-0.15, -0.1) is 0 Å². The Bertz CT molecular complexity index is 2020. The highest BCUT2D eigenvalue weighted by atomic mass is 31.2. The molecule has 0 spiro atoms. The molecule has 0 aromatic carbocycles. The normalized spacial score (nSPS) is 13.8. The lowest BCUT2D eigenvalue weighted by molar-refractivity contribution is -0.870. The Hall–Kier alpha value is -3.85. The van der Waals surface area contributed by atoms with E-state index in [9.17, 15) is 19.0 Å². The maximum absolute atomic E-state index is 12.9. The molecule has 0 aliphatic carbocycles. The molecular weight excluding hydrogens is 1160 g/mol. The molecule has 0 rings (SSSR count). The number of likely N-dealkylation sites (N-methyl/N-ethyl adjacent to an activating group) is 1. The van der Waals surface area contributed by atoms with Gasteiger partial charge in [-0.1, -0.05) is 334 Å². The average molecular weight is 1300 g/mol. The Balaban J connectivity index is 4.00. The van der Waals surface area contributed by atoms with Crippen LogP contribution >= 0.6 is 7.82 Å². The minimum Gasteiger partial charge on any atom is -0.756 e. The third-order valence-corrected chi connectivity index (χ3v) is 17.1. The van der Waals surface area contributed by atoms with E-state index in [2.05, 4.69) is 148 Å². The third kappa shape index (κ3) is 75.2. The molecule has 0 aromatic heterocycles. The summed E-state index contributed by atoms with van der Waals surface area (Å²) >= 11 is 0. The first-order valence-corrected chi connectivity index (χ1v) is 39.4. The van der Waals surface area contributed by atoms with Gasteiger partial charge in [-0.25, -0.2) is 0 Å². The van der Waals surface area contributed by atoms with Crippen molar-refractivity contribution in [3.63, 3.8) is 0 Å². The molecule has 0 amide bonds. The van der Waals surface area contributed by atoms with Crippen molar-refractivity contribution in [3.8, 4) is 0 Å². The van der Waals surface area contributed by atoms with Crippen LogP contribution in [0.4, 0.5) is 0 Å². The van der Waals surface area contributed by atoms with Crippen LogP contribution in [0.1, 0.15) is 322 Å². The SMILES string of the molecule is CC/C=C\C/C=C\C/C=C\C/C=C\C/C=C\C/C=C\CCCCCCCCCCCCCCCCCCCCC(=O)OC(COC(=O)CCCCCCCCCCCCCCCCC/C=C\C/C=C\C/C=C\C/C=C\C/C=C\CC)COP(=O)([O-])OCC[N+](C)(C)C. The van der Waals surface area contributed by atoms with Gasteiger partial charge in [-0.2, -0.15) is 0 Å². The predicted molar refractivity (Wildman–Crippen MR) is 397 cm³/mol. The minimum atomic E-state index is -4.65. The van der Waals surface area contributed by atoms with Gasteiger partial charge >= 0.3 is 11.9 Å². The van der Waals surface area contributed by atoms with Crippen molar-refractivity contribution < 1.29 is 42.1 Å². The molecule has 0 bridgehead atoms. The zero-order chi connectivity index (χ0) is 66.9. The number of quaternary nitrogens is 1. The van der Waals surface area contributed by atoms with Crippen molar-refractivity contribution in [2.24, 2.45) is 0 Å². The summed E-state index contributed by atoms with van der Waals surface area (Å²) in [7, 11) is 1.17. The van der Waals surface area contributed by atoms with Gasteiger partial charge in [0.15, 0.2) is 6.10 Å². The fraction of sp³-hybridized carbons (Fsp3) is 0.707. The van der Waals surface area contributed by atoms with E-state index in [1.165, 1.54) is 180 Å². The smallest absolute Gasteiger partial charge is 0.306 e. The number of hydrogen-bond donors (Lipinski definition) is 0. The van der Waals surface area contributed by atoms with Gasteiger partial charge in [0.25, 0.3) is 7.82 Å². The lowest BCUT2D eigenvalue weighted by atomic mass is 10.0. The molecule has 92 heavy (non-hydrogen) atoms. The van der Waals surface area contributed by atoms with E-state index in [1.54, 1.807) is 0 Å². The van der Waals surface area contributed by atoms with Gasteiger partial charge < -0.3 is 27.9 Å². The standard InChI is InChI=1S/C82H142NO8P/c1-6-8-10-12-14-16-18-20-22-24-26-28-30-32-34-36-38-39-40-41-42-43-45-47-49-51-53-55-57-59-61-63-65-67-69-71-73-75-82(85)91-80(79-90-92(86,87)89-77-76-83(3,4)5)78-88-81(84)74-72-70-68-66-64-62-60-58-56-54-52-50-48-46-44-37-35-33-31-29-27-25-23-21-19-17-15-13-11-9-7-2/h8-11,14-17,20-23,26-29,32-35,38-39,80H,6-7,12-13,18-19,24-25,30-31,36-37,40-79H2,1-5H3/b10-8-,11-9-,16-14-,17-15-,22-20-,23-21-,28-26-,29-27-,34-32-,35-33-,39-38-. The molecule has 0 aromatic rings. The number of carbonyl (C=O) groups excluding carboxylic acids is 2. The Morgan fingerprint density at radius 3 is 0.870 bits per heavy atom. The molecular formula is C82H142NO8P. The quantitative estimate of drug-likeness (QED) is 0.0195.